The summed E-state index contributed by atoms with van der Waals surface area (Å²) in [5, 5.41) is 8.93. The van der Waals surface area contributed by atoms with Crippen LogP contribution in [-0.4, -0.2) is 53.3 Å². The smallest absolute Gasteiger partial charge is 0.323 e. The molecule has 2 amide bonds. The van der Waals surface area contributed by atoms with Crippen LogP contribution in [0.15, 0.2) is 24.3 Å². The Morgan fingerprint density at radius 3 is 2.13 bits per heavy atom. The van der Waals surface area contributed by atoms with Crippen LogP contribution in [0.5, 0.6) is 0 Å². The summed E-state index contributed by atoms with van der Waals surface area (Å²) in [7, 11) is 3.27. The molecule has 0 aliphatic carbocycles. The first kappa shape index (κ1) is 18.6. The lowest BCUT2D eigenvalue weighted by Gasteiger charge is -2.21. The Morgan fingerprint density at radius 2 is 1.61 bits per heavy atom. The second-order valence-corrected chi connectivity index (χ2v) is 5.41. The van der Waals surface area contributed by atoms with Crippen molar-refractivity contribution in [2.75, 3.05) is 20.6 Å². The van der Waals surface area contributed by atoms with Gasteiger partial charge in [-0.2, -0.15) is 0 Å². The minimum atomic E-state index is -1.12. The molecule has 0 saturated carbocycles. The van der Waals surface area contributed by atoms with Crippen LogP contribution < -0.4 is 0 Å². The minimum Gasteiger partial charge on any atom is -0.480 e. The zero-order valence-corrected chi connectivity index (χ0v) is 13.3. The third kappa shape index (κ3) is 6.90. The van der Waals surface area contributed by atoms with E-state index in [1.807, 2.05) is 0 Å². The van der Waals surface area contributed by atoms with Gasteiger partial charge in [-0.1, -0.05) is 12.1 Å². The Hall–Kier alpha value is -2.44. The molecular weight excluding hydrogens is 303 g/mol. The van der Waals surface area contributed by atoms with E-state index in [4.69, 9.17) is 5.11 Å². The highest BCUT2D eigenvalue weighted by atomic mass is 19.1. The van der Waals surface area contributed by atoms with E-state index in [1.54, 1.807) is 14.1 Å². The molecule has 0 aromatic heterocycles. The van der Waals surface area contributed by atoms with Crippen LogP contribution in [0.2, 0.25) is 0 Å². The fraction of sp³-hybridized carbons (Fsp3) is 0.438. The molecule has 0 aliphatic rings. The molecule has 0 fully saturated rings. The standard InChI is InChI=1S/C16H21FN2O4/c1-18(2)14(20)4-3-5-15(21)19(11-16(22)23)10-12-6-8-13(17)9-7-12/h6-9H,3-5,10-11H2,1-2H3,(H,22,23). The van der Waals surface area contributed by atoms with Gasteiger partial charge in [-0.15, -0.1) is 0 Å². The monoisotopic (exact) mass is 324 g/mol. The number of rotatable bonds is 8. The summed E-state index contributed by atoms with van der Waals surface area (Å²) in [5.74, 6) is -1.94. The van der Waals surface area contributed by atoms with Gasteiger partial charge in [0.05, 0.1) is 0 Å². The van der Waals surface area contributed by atoms with E-state index >= 15 is 0 Å². The van der Waals surface area contributed by atoms with E-state index in [1.165, 1.54) is 34.1 Å². The lowest BCUT2D eigenvalue weighted by molar-refractivity contribution is -0.145. The Morgan fingerprint density at radius 1 is 1.04 bits per heavy atom. The molecule has 0 bridgehead atoms. The highest BCUT2D eigenvalue weighted by molar-refractivity contribution is 5.82. The molecular formula is C16H21FN2O4. The summed E-state index contributed by atoms with van der Waals surface area (Å²) in [6.45, 7) is -0.342. The maximum atomic E-state index is 12.9. The van der Waals surface area contributed by atoms with Crippen molar-refractivity contribution in [3.05, 3.63) is 35.6 Å². The highest BCUT2D eigenvalue weighted by Crippen LogP contribution is 2.10. The number of carbonyl (C=O) groups is 3. The first-order valence-corrected chi connectivity index (χ1v) is 7.23. The van der Waals surface area contributed by atoms with Crippen LogP contribution in [0, 0.1) is 5.82 Å². The molecule has 0 atom stereocenters. The number of carbonyl (C=O) groups excluding carboxylic acids is 2. The topological polar surface area (TPSA) is 77.9 Å². The van der Waals surface area contributed by atoms with E-state index in [2.05, 4.69) is 0 Å². The fourth-order valence-electron chi connectivity index (χ4n) is 1.98. The predicted molar refractivity (Wildman–Crippen MR) is 82.0 cm³/mol. The fourth-order valence-corrected chi connectivity index (χ4v) is 1.98. The minimum absolute atomic E-state index is 0.0823. The maximum absolute atomic E-state index is 12.9. The van der Waals surface area contributed by atoms with Crippen molar-refractivity contribution in [3.8, 4) is 0 Å². The third-order valence-electron chi connectivity index (χ3n) is 3.25. The number of amides is 2. The summed E-state index contributed by atoms with van der Waals surface area (Å²) in [5.41, 5.74) is 0.644. The van der Waals surface area contributed by atoms with Crippen molar-refractivity contribution < 1.29 is 23.9 Å². The molecule has 0 unspecified atom stereocenters. The van der Waals surface area contributed by atoms with Crippen molar-refractivity contribution in [2.45, 2.75) is 25.8 Å². The third-order valence-corrected chi connectivity index (χ3v) is 3.25. The second kappa shape index (κ2) is 8.87. The average molecular weight is 324 g/mol. The molecule has 0 radical (unpaired) electrons. The Balaban J connectivity index is 2.62. The summed E-state index contributed by atoms with van der Waals surface area (Å²) in [6.07, 6.45) is 0.680. The Bertz CT molecular complexity index is 558. The molecule has 0 aliphatic heterocycles. The number of carboxylic acids is 1. The van der Waals surface area contributed by atoms with Crippen LogP contribution in [-0.2, 0) is 20.9 Å². The molecule has 7 heteroatoms. The largest absolute Gasteiger partial charge is 0.480 e. The molecule has 6 nitrogen and oxygen atoms in total. The number of nitrogens with zero attached hydrogens (tertiary/aromatic N) is 2. The van der Waals surface area contributed by atoms with Crippen molar-refractivity contribution >= 4 is 17.8 Å². The van der Waals surface area contributed by atoms with Gasteiger partial charge in [-0.3, -0.25) is 14.4 Å². The van der Waals surface area contributed by atoms with Crippen LogP contribution >= 0.6 is 0 Å². The van der Waals surface area contributed by atoms with E-state index < -0.39 is 18.3 Å². The quantitative estimate of drug-likeness (QED) is 0.786. The van der Waals surface area contributed by atoms with Crippen LogP contribution in [0.4, 0.5) is 4.39 Å². The van der Waals surface area contributed by atoms with Gasteiger partial charge in [-0.25, -0.2) is 4.39 Å². The normalized spacial score (nSPS) is 10.2. The molecule has 0 heterocycles. The van der Waals surface area contributed by atoms with E-state index in [0.717, 1.165) is 0 Å². The number of aliphatic carboxylic acids is 1. The predicted octanol–water partition coefficient (Wildman–Crippen LogP) is 1.50. The molecule has 0 spiro atoms. The van der Waals surface area contributed by atoms with Crippen molar-refractivity contribution in [3.63, 3.8) is 0 Å². The van der Waals surface area contributed by atoms with E-state index in [0.29, 0.717) is 12.0 Å². The second-order valence-electron chi connectivity index (χ2n) is 5.41. The molecule has 1 rings (SSSR count). The van der Waals surface area contributed by atoms with Crippen molar-refractivity contribution in [1.82, 2.24) is 9.80 Å². The molecule has 0 saturated heterocycles. The number of hydrogen-bond donors (Lipinski definition) is 1. The molecule has 126 valence electrons. The molecule has 1 N–H and O–H groups in total. The SMILES string of the molecule is CN(C)C(=O)CCCC(=O)N(CC(=O)O)Cc1ccc(F)cc1. The lowest BCUT2D eigenvalue weighted by atomic mass is 10.1. The lowest BCUT2D eigenvalue weighted by Crippen LogP contribution is -2.35. The number of hydrogen-bond acceptors (Lipinski definition) is 3. The number of carboxylic acid groups (broad SMARTS) is 1. The Labute approximate surface area is 134 Å². The summed E-state index contributed by atoms with van der Waals surface area (Å²) in [4.78, 5) is 37.2. The first-order valence-electron chi connectivity index (χ1n) is 7.23. The van der Waals surface area contributed by atoms with Gasteiger partial charge in [0.1, 0.15) is 12.4 Å². The van der Waals surface area contributed by atoms with Gasteiger partial charge in [0, 0.05) is 33.5 Å². The number of benzene rings is 1. The van der Waals surface area contributed by atoms with E-state index in [9.17, 15) is 18.8 Å². The van der Waals surface area contributed by atoms with Gasteiger partial charge in [0.25, 0.3) is 0 Å². The van der Waals surface area contributed by atoms with Gasteiger partial charge < -0.3 is 14.9 Å². The summed E-state index contributed by atoms with van der Waals surface area (Å²) in [6, 6.07) is 5.53. The first-order chi connectivity index (χ1) is 10.8. The van der Waals surface area contributed by atoms with E-state index in [-0.39, 0.29) is 31.2 Å². The zero-order chi connectivity index (χ0) is 17.4. The van der Waals surface area contributed by atoms with Gasteiger partial charge in [-0.05, 0) is 24.1 Å². The van der Waals surface area contributed by atoms with Crippen molar-refractivity contribution in [1.29, 1.82) is 0 Å². The van der Waals surface area contributed by atoms with Crippen LogP contribution in [0.3, 0.4) is 0 Å². The molecule has 1 aromatic carbocycles. The van der Waals surface area contributed by atoms with Gasteiger partial charge in [0.2, 0.25) is 11.8 Å². The van der Waals surface area contributed by atoms with Crippen LogP contribution in [0.25, 0.3) is 0 Å². The van der Waals surface area contributed by atoms with Gasteiger partial charge >= 0.3 is 5.97 Å². The molecule has 1 aromatic rings. The summed E-state index contributed by atoms with van der Waals surface area (Å²) < 4.78 is 12.9. The van der Waals surface area contributed by atoms with Crippen molar-refractivity contribution in [2.24, 2.45) is 0 Å². The average Bonchev–Trinajstić information content (AvgIpc) is 2.48. The Kier molecular flexibility index (Phi) is 7.18. The maximum Gasteiger partial charge on any atom is 0.323 e. The van der Waals surface area contributed by atoms with Crippen LogP contribution in [0.1, 0.15) is 24.8 Å². The summed E-state index contributed by atoms with van der Waals surface area (Å²) >= 11 is 0. The number of halogens is 1. The molecule has 23 heavy (non-hydrogen) atoms. The zero-order valence-electron chi connectivity index (χ0n) is 13.3. The van der Waals surface area contributed by atoms with Gasteiger partial charge in [0.15, 0.2) is 0 Å². The highest BCUT2D eigenvalue weighted by Gasteiger charge is 2.17.